The van der Waals surface area contributed by atoms with Crippen molar-refractivity contribution in [3.05, 3.63) is 11.3 Å². The average Bonchev–Trinajstić information content (AvgIpc) is 2.63. The number of aryl methyl sites for hydroxylation is 1. The minimum atomic E-state index is 0.770. The Labute approximate surface area is 81.9 Å². The summed E-state index contributed by atoms with van der Waals surface area (Å²) in [4.78, 5) is 8.76. The van der Waals surface area contributed by atoms with E-state index in [1.807, 2.05) is 6.26 Å². The second-order valence-electron chi connectivity index (χ2n) is 3.00. The standard InChI is InChI=1S/C9H12N2OS/c1-12-8-6-4-3-5-7(6)10-9(11-8)13-2/h3-5H2,1-2H3. The van der Waals surface area contributed by atoms with E-state index in [2.05, 4.69) is 9.97 Å². The zero-order chi connectivity index (χ0) is 9.26. The van der Waals surface area contributed by atoms with Gasteiger partial charge < -0.3 is 4.74 Å². The van der Waals surface area contributed by atoms with E-state index in [0.29, 0.717) is 0 Å². The van der Waals surface area contributed by atoms with Gasteiger partial charge in [0.15, 0.2) is 5.16 Å². The molecule has 0 fully saturated rings. The van der Waals surface area contributed by atoms with Crippen LogP contribution in [0.25, 0.3) is 0 Å². The van der Waals surface area contributed by atoms with Crippen molar-refractivity contribution in [1.29, 1.82) is 0 Å². The Bertz CT molecular complexity index is 328. The molecule has 4 heteroatoms. The fourth-order valence-electron chi connectivity index (χ4n) is 1.64. The minimum Gasteiger partial charge on any atom is -0.481 e. The van der Waals surface area contributed by atoms with E-state index < -0.39 is 0 Å². The predicted molar refractivity (Wildman–Crippen MR) is 52.4 cm³/mol. The van der Waals surface area contributed by atoms with Crippen LogP contribution >= 0.6 is 11.8 Å². The summed E-state index contributed by atoms with van der Waals surface area (Å²) in [7, 11) is 1.67. The molecule has 0 bridgehead atoms. The van der Waals surface area contributed by atoms with Crippen molar-refractivity contribution in [3.8, 4) is 5.88 Å². The summed E-state index contributed by atoms with van der Waals surface area (Å²) in [6.07, 6.45) is 5.29. The van der Waals surface area contributed by atoms with Crippen LogP contribution in [0.3, 0.4) is 0 Å². The zero-order valence-electron chi connectivity index (χ0n) is 7.83. The van der Waals surface area contributed by atoms with Gasteiger partial charge in [0.1, 0.15) is 0 Å². The molecule has 0 saturated carbocycles. The summed E-state index contributed by atoms with van der Waals surface area (Å²) >= 11 is 1.56. The molecule has 0 aliphatic heterocycles. The summed E-state index contributed by atoms with van der Waals surface area (Å²) < 4.78 is 5.24. The van der Waals surface area contributed by atoms with Gasteiger partial charge in [-0.15, -0.1) is 0 Å². The molecule has 70 valence electrons. The molecule has 0 aromatic carbocycles. The normalized spacial score (nSPS) is 14.3. The van der Waals surface area contributed by atoms with Gasteiger partial charge in [0.05, 0.1) is 12.8 Å². The summed E-state index contributed by atoms with van der Waals surface area (Å²) in [6, 6.07) is 0. The molecule has 1 aliphatic carbocycles. The molecule has 0 unspecified atom stereocenters. The Balaban J connectivity index is 2.49. The van der Waals surface area contributed by atoms with Crippen molar-refractivity contribution in [2.75, 3.05) is 13.4 Å². The molecule has 0 spiro atoms. The van der Waals surface area contributed by atoms with Gasteiger partial charge in [0, 0.05) is 5.56 Å². The first-order valence-electron chi connectivity index (χ1n) is 4.33. The van der Waals surface area contributed by atoms with E-state index in [1.165, 1.54) is 17.7 Å². The lowest BCUT2D eigenvalue weighted by atomic mass is 10.2. The van der Waals surface area contributed by atoms with Gasteiger partial charge in [-0.25, -0.2) is 4.98 Å². The molecule has 0 amide bonds. The van der Waals surface area contributed by atoms with Crippen LogP contribution in [0.2, 0.25) is 0 Å². The van der Waals surface area contributed by atoms with Crippen LogP contribution in [-0.4, -0.2) is 23.3 Å². The lowest BCUT2D eigenvalue weighted by Gasteiger charge is -2.06. The maximum Gasteiger partial charge on any atom is 0.220 e. The Morgan fingerprint density at radius 2 is 2.15 bits per heavy atom. The van der Waals surface area contributed by atoms with Gasteiger partial charge in [-0.2, -0.15) is 4.98 Å². The van der Waals surface area contributed by atoms with E-state index in [4.69, 9.17) is 4.74 Å². The molecule has 0 N–H and O–H groups in total. The summed E-state index contributed by atoms with van der Waals surface area (Å²) in [5, 5.41) is 0.817. The first kappa shape index (κ1) is 8.81. The van der Waals surface area contributed by atoms with Gasteiger partial charge in [-0.1, -0.05) is 11.8 Å². The Morgan fingerprint density at radius 3 is 2.85 bits per heavy atom. The van der Waals surface area contributed by atoms with Crippen LogP contribution in [0, 0.1) is 0 Å². The number of rotatable bonds is 2. The van der Waals surface area contributed by atoms with Crippen LogP contribution in [-0.2, 0) is 12.8 Å². The molecule has 13 heavy (non-hydrogen) atoms. The molecular formula is C9H12N2OS. The van der Waals surface area contributed by atoms with Crippen LogP contribution in [0.4, 0.5) is 0 Å². The number of methoxy groups -OCH3 is 1. The second-order valence-corrected chi connectivity index (χ2v) is 3.77. The third kappa shape index (κ3) is 1.50. The van der Waals surface area contributed by atoms with Crippen molar-refractivity contribution in [3.63, 3.8) is 0 Å². The molecule has 1 aromatic heterocycles. The largest absolute Gasteiger partial charge is 0.481 e. The van der Waals surface area contributed by atoms with Gasteiger partial charge in [-0.3, -0.25) is 0 Å². The number of fused-ring (bicyclic) bond motifs is 1. The molecule has 3 nitrogen and oxygen atoms in total. The third-order valence-electron chi connectivity index (χ3n) is 2.25. The summed E-state index contributed by atoms with van der Waals surface area (Å²) in [6.45, 7) is 0. The molecule has 2 rings (SSSR count). The summed E-state index contributed by atoms with van der Waals surface area (Å²) in [5.74, 6) is 0.770. The Hall–Kier alpha value is -0.770. The number of aromatic nitrogens is 2. The summed E-state index contributed by atoms with van der Waals surface area (Å²) in [5.41, 5.74) is 2.39. The highest BCUT2D eigenvalue weighted by molar-refractivity contribution is 7.98. The van der Waals surface area contributed by atoms with Crippen molar-refractivity contribution < 1.29 is 4.74 Å². The van der Waals surface area contributed by atoms with E-state index in [-0.39, 0.29) is 0 Å². The maximum absolute atomic E-state index is 5.24. The molecular weight excluding hydrogens is 184 g/mol. The van der Waals surface area contributed by atoms with Crippen molar-refractivity contribution >= 4 is 11.8 Å². The number of ether oxygens (including phenoxy) is 1. The van der Waals surface area contributed by atoms with Crippen molar-refractivity contribution in [1.82, 2.24) is 9.97 Å². The maximum atomic E-state index is 5.24. The van der Waals surface area contributed by atoms with Gasteiger partial charge >= 0.3 is 0 Å². The quantitative estimate of drug-likeness (QED) is 0.532. The lowest BCUT2D eigenvalue weighted by molar-refractivity contribution is 0.387. The topological polar surface area (TPSA) is 35.0 Å². The van der Waals surface area contributed by atoms with Crippen LogP contribution in [0.1, 0.15) is 17.7 Å². The third-order valence-corrected chi connectivity index (χ3v) is 2.80. The Morgan fingerprint density at radius 1 is 1.31 bits per heavy atom. The first-order valence-corrected chi connectivity index (χ1v) is 5.55. The number of hydrogen-bond donors (Lipinski definition) is 0. The van der Waals surface area contributed by atoms with E-state index in [0.717, 1.165) is 23.9 Å². The van der Waals surface area contributed by atoms with Gasteiger partial charge in [0.25, 0.3) is 0 Å². The molecule has 1 aromatic rings. The SMILES string of the molecule is COc1nc(SC)nc2c1CCC2. The van der Waals surface area contributed by atoms with Crippen molar-refractivity contribution in [2.24, 2.45) is 0 Å². The Kier molecular flexibility index (Phi) is 2.40. The lowest BCUT2D eigenvalue weighted by Crippen LogP contribution is -1.99. The van der Waals surface area contributed by atoms with E-state index in [9.17, 15) is 0 Å². The van der Waals surface area contributed by atoms with Gasteiger partial charge in [-0.05, 0) is 25.5 Å². The highest BCUT2D eigenvalue weighted by atomic mass is 32.2. The van der Waals surface area contributed by atoms with Gasteiger partial charge in [0.2, 0.25) is 5.88 Å². The fraction of sp³-hybridized carbons (Fsp3) is 0.556. The number of nitrogens with zero attached hydrogens (tertiary/aromatic N) is 2. The van der Waals surface area contributed by atoms with Crippen LogP contribution in [0.5, 0.6) is 5.88 Å². The fourth-order valence-corrected chi connectivity index (χ4v) is 2.01. The molecule has 1 aliphatic rings. The average molecular weight is 196 g/mol. The number of hydrogen-bond acceptors (Lipinski definition) is 4. The molecule has 1 heterocycles. The molecule has 0 atom stereocenters. The smallest absolute Gasteiger partial charge is 0.220 e. The van der Waals surface area contributed by atoms with E-state index >= 15 is 0 Å². The monoisotopic (exact) mass is 196 g/mol. The van der Waals surface area contributed by atoms with Crippen LogP contribution in [0.15, 0.2) is 5.16 Å². The number of thioether (sulfide) groups is 1. The second kappa shape index (κ2) is 3.54. The zero-order valence-corrected chi connectivity index (χ0v) is 8.65. The first-order chi connectivity index (χ1) is 6.35. The highest BCUT2D eigenvalue weighted by Gasteiger charge is 2.19. The molecule has 0 radical (unpaired) electrons. The predicted octanol–water partition coefficient (Wildman–Crippen LogP) is 1.70. The highest BCUT2D eigenvalue weighted by Crippen LogP contribution is 2.29. The van der Waals surface area contributed by atoms with E-state index in [1.54, 1.807) is 18.9 Å². The molecule has 0 saturated heterocycles. The van der Waals surface area contributed by atoms with Crippen LogP contribution < -0.4 is 4.74 Å². The minimum absolute atomic E-state index is 0.770. The van der Waals surface area contributed by atoms with Crippen molar-refractivity contribution in [2.45, 2.75) is 24.4 Å².